The van der Waals surface area contributed by atoms with Crippen molar-refractivity contribution in [3.8, 4) is 11.1 Å². The zero-order valence-corrected chi connectivity index (χ0v) is 23.1. The predicted octanol–water partition coefficient (Wildman–Crippen LogP) is 8.83. The van der Waals surface area contributed by atoms with E-state index in [4.69, 9.17) is 4.99 Å². The molecule has 0 unspecified atom stereocenters. The summed E-state index contributed by atoms with van der Waals surface area (Å²) in [5.41, 5.74) is 9.66. The van der Waals surface area contributed by atoms with Crippen LogP contribution in [0.25, 0.3) is 11.1 Å². The van der Waals surface area contributed by atoms with Gasteiger partial charge in [-0.25, -0.2) is 0 Å². The first-order chi connectivity index (χ1) is 19.2. The van der Waals surface area contributed by atoms with E-state index in [0.29, 0.717) is 0 Å². The Bertz CT molecular complexity index is 1500. The van der Waals surface area contributed by atoms with E-state index in [1.807, 2.05) is 20.0 Å². The minimum Gasteiger partial charge on any atom is -0.347 e. The van der Waals surface area contributed by atoms with Gasteiger partial charge in [0.25, 0.3) is 0 Å². The number of allylic oxidation sites excluding steroid dienone is 5. The Morgan fingerprint density at radius 3 is 2.05 bits per heavy atom. The molecule has 39 heavy (non-hydrogen) atoms. The van der Waals surface area contributed by atoms with E-state index in [2.05, 4.69) is 140 Å². The summed E-state index contributed by atoms with van der Waals surface area (Å²) in [6.07, 6.45) is 12.4. The average Bonchev–Trinajstić information content (AvgIpc) is 3.31. The van der Waals surface area contributed by atoms with Gasteiger partial charge in [0.05, 0.1) is 5.41 Å². The number of aliphatic imine (C=N–C) groups is 1. The number of nitrogens with zero attached hydrogens (tertiary/aromatic N) is 1. The van der Waals surface area contributed by atoms with Crippen LogP contribution in [0.4, 0.5) is 0 Å². The molecule has 0 heterocycles. The van der Waals surface area contributed by atoms with Crippen molar-refractivity contribution in [3.63, 3.8) is 0 Å². The molecular formula is C37H36N2. The normalized spacial score (nSPS) is 14.5. The van der Waals surface area contributed by atoms with Crippen LogP contribution in [0.3, 0.4) is 0 Å². The van der Waals surface area contributed by atoms with Crippen LogP contribution in [-0.4, -0.2) is 12.9 Å². The van der Waals surface area contributed by atoms with Crippen LogP contribution < -0.4 is 5.32 Å². The first-order valence-corrected chi connectivity index (χ1v) is 13.8. The Labute approximate surface area is 233 Å². The highest BCUT2D eigenvalue weighted by Crippen LogP contribution is 2.56. The molecule has 4 aromatic carbocycles. The van der Waals surface area contributed by atoms with Crippen molar-refractivity contribution < 1.29 is 0 Å². The number of rotatable bonds is 8. The van der Waals surface area contributed by atoms with Gasteiger partial charge in [-0.3, -0.25) is 4.99 Å². The molecule has 194 valence electrons. The Kier molecular flexibility index (Phi) is 8.03. The smallest absolute Gasteiger partial charge is 0.132 e. The van der Waals surface area contributed by atoms with Crippen molar-refractivity contribution in [2.75, 3.05) is 7.05 Å². The maximum atomic E-state index is 4.75. The number of nitrogens with one attached hydrogen (secondary N) is 1. The van der Waals surface area contributed by atoms with Gasteiger partial charge in [-0.2, -0.15) is 0 Å². The molecule has 0 bridgehead atoms. The maximum absolute atomic E-state index is 4.75. The summed E-state index contributed by atoms with van der Waals surface area (Å²) >= 11 is 0. The van der Waals surface area contributed by atoms with Crippen LogP contribution in [0.5, 0.6) is 0 Å². The highest BCUT2D eigenvalue weighted by atomic mass is 15.0. The van der Waals surface area contributed by atoms with Gasteiger partial charge in [-0.15, -0.1) is 0 Å². The lowest BCUT2D eigenvalue weighted by molar-refractivity contribution is 0.768. The van der Waals surface area contributed by atoms with Crippen molar-refractivity contribution in [1.29, 1.82) is 0 Å². The fourth-order valence-electron chi connectivity index (χ4n) is 5.84. The molecular weight excluding hydrogens is 472 g/mol. The van der Waals surface area contributed by atoms with E-state index in [1.54, 1.807) is 0 Å². The summed E-state index contributed by atoms with van der Waals surface area (Å²) < 4.78 is 0. The van der Waals surface area contributed by atoms with E-state index < -0.39 is 5.41 Å². The molecule has 0 saturated carbocycles. The summed E-state index contributed by atoms with van der Waals surface area (Å²) in [5, 5.41) is 3.58. The van der Waals surface area contributed by atoms with Crippen molar-refractivity contribution in [1.82, 2.24) is 5.32 Å². The number of fused-ring (bicyclic) bond motifs is 3. The fraction of sp³-hybridized carbons (Fsp3) is 0.162. The number of hydrogen-bond donors (Lipinski definition) is 1. The predicted molar refractivity (Wildman–Crippen MR) is 166 cm³/mol. The molecule has 0 amide bonds. The first kappa shape index (κ1) is 26.2. The topological polar surface area (TPSA) is 24.4 Å². The van der Waals surface area contributed by atoms with Crippen molar-refractivity contribution >= 4 is 5.84 Å². The molecule has 0 aliphatic heterocycles. The van der Waals surface area contributed by atoms with Crippen LogP contribution in [-0.2, 0) is 5.41 Å². The summed E-state index contributed by atoms with van der Waals surface area (Å²) in [6, 6.07) is 37.3. The molecule has 1 aliphatic rings. The Morgan fingerprint density at radius 2 is 1.41 bits per heavy atom. The third-order valence-corrected chi connectivity index (χ3v) is 7.65. The van der Waals surface area contributed by atoms with Gasteiger partial charge in [0.2, 0.25) is 0 Å². The second kappa shape index (κ2) is 12.0. The minimum atomic E-state index is -0.411. The molecule has 1 aliphatic carbocycles. The van der Waals surface area contributed by atoms with Gasteiger partial charge >= 0.3 is 0 Å². The van der Waals surface area contributed by atoms with Crippen LogP contribution >= 0.6 is 0 Å². The highest BCUT2D eigenvalue weighted by Gasteiger charge is 2.46. The quantitative estimate of drug-likeness (QED) is 0.126. The van der Waals surface area contributed by atoms with Crippen molar-refractivity contribution in [2.45, 2.75) is 32.1 Å². The third kappa shape index (κ3) is 4.79. The van der Waals surface area contributed by atoms with Gasteiger partial charge in [-0.05, 0) is 53.1 Å². The zero-order valence-electron chi connectivity index (χ0n) is 23.1. The lowest BCUT2D eigenvalue weighted by atomic mass is 9.67. The number of amidine groups is 1. The zero-order chi connectivity index (χ0) is 27.1. The molecule has 0 radical (unpaired) electrons. The molecule has 0 fully saturated rings. The fourth-order valence-corrected chi connectivity index (χ4v) is 5.84. The largest absolute Gasteiger partial charge is 0.347 e. The van der Waals surface area contributed by atoms with E-state index in [0.717, 1.165) is 24.2 Å². The summed E-state index contributed by atoms with van der Waals surface area (Å²) in [5.74, 6) is 0.877. The third-order valence-electron chi connectivity index (χ3n) is 7.65. The number of hydrogen-bond acceptors (Lipinski definition) is 1. The molecule has 2 nitrogen and oxygen atoms in total. The van der Waals surface area contributed by atoms with E-state index in [1.165, 1.54) is 39.0 Å². The van der Waals surface area contributed by atoms with Gasteiger partial charge in [0, 0.05) is 18.8 Å². The SMILES string of the molecule is C/C=C\C=C/C/C(=C/NC(=NC)c1cccc2c1-c1ccccc1C2(c1ccccc1)c1ccccc1)CC. The molecule has 5 rings (SSSR count). The van der Waals surface area contributed by atoms with Crippen LogP contribution in [0.15, 0.2) is 144 Å². The molecule has 0 saturated heterocycles. The average molecular weight is 509 g/mol. The van der Waals surface area contributed by atoms with Crippen LogP contribution in [0, 0.1) is 0 Å². The summed E-state index contributed by atoms with van der Waals surface area (Å²) in [4.78, 5) is 4.75. The standard InChI is InChI=1S/C37H36N2/c1-4-6-7-10-18-28(5-2)27-39-36(38-3)32-24-17-26-34-35(32)31-23-15-16-25-33(31)37(34,29-19-11-8-12-20-29)30-21-13-9-14-22-30/h4,6-17,19-27H,5,18H2,1-3H3,(H,38,39)/b6-4-,10-7-,28-27+. The summed E-state index contributed by atoms with van der Waals surface area (Å²) in [7, 11) is 1.87. The van der Waals surface area contributed by atoms with E-state index >= 15 is 0 Å². The number of benzene rings is 4. The first-order valence-electron chi connectivity index (χ1n) is 13.8. The van der Waals surface area contributed by atoms with E-state index in [-0.39, 0.29) is 0 Å². The Balaban J connectivity index is 1.69. The lowest BCUT2D eigenvalue weighted by Gasteiger charge is -2.34. The van der Waals surface area contributed by atoms with Crippen LogP contribution in [0.1, 0.15) is 54.5 Å². The monoisotopic (exact) mass is 508 g/mol. The van der Waals surface area contributed by atoms with Crippen molar-refractivity contribution in [2.24, 2.45) is 4.99 Å². The molecule has 1 N–H and O–H groups in total. The minimum absolute atomic E-state index is 0.411. The van der Waals surface area contributed by atoms with Gasteiger partial charge in [0.15, 0.2) is 0 Å². The molecule has 4 aromatic rings. The second-order valence-electron chi connectivity index (χ2n) is 9.79. The van der Waals surface area contributed by atoms with Crippen molar-refractivity contribution in [3.05, 3.63) is 167 Å². The Morgan fingerprint density at radius 1 is 0.769 bits per heavy atom. The van der Waals surface area contributed by atoms with Gasteiger partial charge in [-0.1, -0.05) is 140 Å². The van der Waals surface area contributed by atoms with Crippen LogP contribution in [0.2, 0.25) is 0 Å². The molecule has 0 aromatic heterocycles. The van der Waals surface area contributed by atoms with Gasteiger partial charge < -0.3 is 5.32 Å². The Hall–Kier alpha value is -4.43. The molecule has 0 spiro atoms. The molecule has 0 atom stereocenters. The summed E-state index contributed by atoms with van der Waals surface area (Å²) in [6.45, 7) is 4.23. The van der Waals surface area contributed by atoms with E-state index in [9.17, 15) is 0 Å². The maximum Gasteiger partial charge on any atom is 0.132 e. The highest BCUT2D eigenvalue weighted by molar-refractivity contribution is 6.08. The lowest BCUT2D eigenvalue weighted by Crippen LogP contribution is -2.28. The second-order valence-corrected chi connectivity index (χ2v) is 9.79. The molecule has 2 heteroatoms. The van der Waals surface area contributed by atoms with Gasteiger partial charge in [0.1, 0.15) is 5.84 Å².